The molecule has 1 aromatic rings. The van der Waals surface area contributed by atoms with Gasteiger partial charge in [0.05, 0.1) is 18.4 Å². The van der Waals surface area contributed by atoms with Crippen molar-refractivity contribution in [3.8, 4) is 0 Å². The zero-order valence-electron chi connectivity index (χ0n) is 8.30. The Morgan fingerprint density at radius 1 is 1.57 bits per heavy atom. The van der Waals surface area contributed by atoms with E-state index in [-0.39, 0.29) is 5.56 Å². The first-order valence-electron chi connectivity index (χ1n) is 4.33. The monoisotopic (exact) mass is 195 g/mol. The molecule has 5 heteroatoms. The maximum absolute atomic E-state index is 11.4. The summed E-state index contributed by atoms with van der Waals surface area (Å²) in [4.78, 5) is 23.3. The van der Waals surface area contributed by atoms with E-state index >= 15 is 0 Å². The van der Waals surface area contributed by atoms with Crippen molar-refractivity contribution in [2.24, 2.45) is 0 Å². The van der Waals surface area contributed by atoms with Gasteiger partial charge in [0.25, 0.3) is 5.56 Å². The van der Waals surface area contributed by atoms with Crippen LogP contribution in [0, 0.1) is 0 Å². The minimum Gasteiger partial charge on any atom is -0.376 e. The van der Waals surface area contributed by atoms with Gasteiger partial charge in [0, 0.05) is 26.6 Å². The lowest BCUT2D eigenvalue weighted by Crippen LogP contribution is -2.24. The van der Waals surface area contributed by atoms with Crippen LogP contribution in [0.2, 0.25) is 0 Å². The van der Waals surface area contributed by atoms with Crippen molar-refractivity contribution in [2.75, 3.05) is 19.0 Å². The number of aldehydes is 1. The fourth-order valence-electron chi connectivity index (χ4n) is 1.01. The summed E-state index contributed by atoms with van der Waals surface area (Å²) in [6.07, 6.45) is 2.69. The number of carbonyl (C=O) groups excluding carboxylic acids is 1. The van der Waals surface area contributed by atoms with Crippen molar-refractivity contribution in [1.82, 2.24) is 9.78 Å². The molecule has 0 aliphatic heterocycles. The van der Waals surface area contributed by atoms with Crippen molar-refractivity contribution >= 4 is 12.0 Å². The van der Waals surface area contributed by atoms with Crippen molar-refractivity contribution in [3.05, 3.63) is 22.6 Å². The Kier molecular flexibility index (Phi) is 3.39. The van der Waals surface area contributed by atoms with Crippen molar-refractivity contribution in [3.63, 3.8) is 0 Å². The van der Waals surface area contributed by atoms with Gasteiger partial charge < -0.3 is 9.69 Å². The quantitative estimate of drug-likeness (QED) is 0.629. The molecule has 0 amide bonds. The number of nitrogens with zero attached hydrogens (tertiary/aromatic N) is 3. The van der Waals surface area contributed by atoms with Gasteiger partial charge in [0.2, 0.25) is 0 Å². The summed E-state index contributed by atoms with van der Waals surface area (Å²) in [6, 6.07) is 1.50. The van der Waals surface area contributed by atoms with Crippen LogP contribution >= 0.6 is 0 Å². The molecule has 5 nitrogen and oxygen atoms in total. The summed E-state index contributed by atoms with van der Waals surface area (Å²) >= 11 is 0. The molecule has 0 saturated carbocycles. The summed E-state index contributed by atoms with van der Waals surface area (Å²) < 4.78 is 1.28. The summed E-state index contributed by atoms with van der Waals surface area (Å²) in [5, 5.41) is 3.94. The van der Waals surface area contributed by atoms with Crippen molar-refractivity contribution in [2.45, 2.75) is 13.0 Å². The molecule has 0 fully saturated rings. The number of carbonyl (C=O) groups is 1. The number of anilines is 1. The van der Waals surface area contributed by atoms with E-state index in [1.807, 2.05) is 14.1 Å². The van der Waals surface area contributed by atoms with Gasteiger partial charge in [-0.05, 0) is 0 Å². The highest BCUT2D eigenvalue weighted by molar-refractivity contribution is 5.49. The minimum atomic E-state index is -0.182. The van der Waals surface area contributed by atoms with E-state index in [0.29, 0.717) is 13.0 Å². The van der Waals surface area contributed by atoms with E-state index in [1.54, 1.807) is 11.1 Å². The summed E-state index contributed by atoms with van der Waals surface area (Å²) in [6.45, 7) is 0.343. The Hall–Kier alpha value is -1.65. The topological polar surface area (TPSA) is 55.2 Å². The van der Waals surface area contributed by atoms with Gasteiger partial charge in [-0.25, -0.2) is 4.68 Å². The average molecular weight is 195 g/mol. The van der Waals surface area contributed by atoms with E-state index in [0.717, 1.165) is 12.0 Å². The second-order valence-electron chi connectivity index (χ2n) is 3.12. The Balaban J connectivity index is 2.90. The van der Waals surface area contributed by atoms with Crippen molar-refractivity contribution in [1.29, 1.82) is 0 Å². The molecule has 0 saturated heterocycles. The lowest BCUT2D eigenvalue weighted by Gasteiger charge is -2.11. The molecular formula is C9H13N3O2. The highest BCUT2D eigenvalue weighted by Gasteiger charge is 2.00. The Labute approximate surface area is 82.0 Å². The highest BCUT2D eigenvalue weighted by atomic mass is 16.1. The van der Waals surface area contributed by atoms with Crippen LogP contribution in [-0.2, 0) is 11.3 Å². The van der Waals surface area contributed by atoms with Gasteiger partial charge >= 0.3 is 0 Å². The maximum atomic E-state index is 11.4. The molecule has 0 aliphatic carbocycles. The molecule has 0 atom stereocenters. The number of rotatable bonds is 4. The maximum Gasteiger partial charge on any atom is 0.268 e. The van der Waals surface area contributed by atoms with Crippen LogP contribution in [0.3, 0.4) is 0 Å². The van der Waals surface area contributed by atoms with E-state index in [1.165, 1.54) is 10.7 Å². The largest absolute Gasteiger partial charge is 0.376 e. The highest BCUT2D eigenvalue weighted by Crippen LogP contribution is 2.03. The molecular weight excluding hydrogens is 182 g/mol. The molecule has 76 valence electrons. The van der Waals surface area contributed by atoms with Gasteiger partial charge in [-0.3, -0.25) is 4.79 Å². The lowest BCUT2D eigenvalue weighted by atomic mass is 10.4. The van der Waals surface area contributed by atoms with E-state index in [4.69, 9.17) is 0 Å². The zero-order chi connectivity index (χ0) is 10.6. The second-order valence-corrected chi connectivity index (χ2v) is 3.12. The number of hydrogen-bond donors (Lipinski definition) is 0. The fourth-order valence-corrected chi connectivity index (χ4v) is 1.01. The number of aromatic nitrogens is 2. The van der Waals surface area contributed by atoms with Crippen LogP contribution in [-0.4, -0.2) is 30.2 Å². The Morgan fingerprint density at radius 3 is 2.79 bits per heavy atom. The smallest absolute Gasteiger partial charge is 0.268 e. The molecule has 14 heavy (non-hydrogen) atoms. The van der Waals surface area contributed by atoms with Crippen LogP contribution in [0.25, 0.3) is 0 Å². The van der Waals surface area contributed by atoms with Crippen LogP contribution < -0.4 is 10.5 Å². The SMILES string of the molecule is CN(C)c1cnn(CCC=O)c(=O)c1. The minimum absolute atomic E-state index is 0.182. The molecule has 1 rings (SSSR count). The Bertz CT molecular complexity index is 371. The average Bonchev–Trinajstić information content (AvgIpc) is 2.15. The number of hydrogen-bond acceptors (Lipinski definition) is 4. The summed E-state index contributed by atoms with van der Waals surface area (Å²) in [7, 11) is 3.68. The normalized spacial score (nSPS) is 9.86. The molecule has 0 aliphatic rings. The molecule has 0 unspecified atom stereocenters. The van der Waals surface area contributed by atoms with Crippen LogP contribution in [0.1, 0.15) is 6.42 Å². The van der Waals surface area contributed by atoms with Gasteiger partial charge in [0.1, 0.15) is 6.29 Å². The van der Waals surface area contributed by atoms with Crippen molar-refractivity contribution < 1.29 is 4.79 Å². The van der Waals surface area contributed by atoms with Gasteiger partial charge in [-0.15, -0.1) is 0 Å². The molecule has 1 aromatic heterocycles. The third kappa shape index (κ3) is 2.42. The van der Waals surface area contributed by atoms with E-state index in [2.05, 4.69) is 5.10 Å². The third-order valence-electron chi connectivity index (χ3n) is 1.83. The first kappa shape index (κ1) is 10.4. The number of aryl methyl sites for hydroxylation is 1. The van der Waals surface area contributed by atoms with E-state index < -0.39 is 0 Å². The summed E-state index contributed by atoms with van der Waals surface area (Å²) in [5.74, 6) is 0. The van der Waals surface area contributed by atoms with Crippen LogP contribution in [0.5, 0.6) is 0 Å². The van der Waals surface area contributed by atoms with Gasteiger partial charge in [-0.1, -0.05) is 0 Å². The van der Waals surface area contributed by atoms with E-state index in [9.17, 15) is 9.59 Å². The standard InChI is InChI=1S/C9H13N3O2/c1-11(2)8-6-9(14)12(10-7-8)4-3-5-13/h5-7H,3-4H2,1-2H3. The van der Waals surface area contributed by atoms with Gasteiger partial charge in [-0.2, -0.15) is 5.10 Å². The predicted octanol–water partition coefficient (Wildman–Crippen LogP) is -0.102. The lowest BCUT2D eigenvalue weighted by molar-refractivity contribution is -0.108. The fraction of sp³-hybridized carbons (Fsp3) is 0.444. The molecule has 0 bridgehead atoms. The summed E-state index contributed by atoms with van der Waals surface area (Å²) in [5.41, 5.74) is 0.579. The predicted molar refractivity (Wildman–Crippen MR) is 53.5 cm³/mol. The zero-order valence-corrected chi connectivity index (χ0v) is 8.30. The van der Waals surface area contributed by atoms with Crippen LogP contribution in [0.15, 0.2) is 17.1 Å². The molecule has 0 spiro atoms. The molecule has 0 radical (unpaired) electrons. The van der Waals surface area contributed by atoms with Gasteiger partial charge in [0.15, 0.2) is 0 Å². The molecule has 1 heterocycles. The second kappa shape index (κ2) is 4.55. The van der Waals surface area contributed by atoms with Crippen LogP contribution in [0.4, 0.5) is 5.69 Å². The molecule has 0 N–H and O–H groups in total. The first-order chi connectivity index (χ1) is 6.65. The Morgan fingerprint density at radius 2 is 2.29 bits per heavy atom. The molecule has 0 aromatic carbocycles. The first-order valence-corrected chi connectivity index (χ1v) is 4.33. The third-order valence-corrected chi connectivity index (χ3v) is 1.83.